The van der Waals surface area contributed by atoms with Crippen LogP contribution in [0.2, 0.25) is 0 Å². The van der Waals surface area contributed by atoms with E-state index in [2.05, 4.69) is 4.90 Å². The van der Waals surface area contributed by atoms with Crippen molar-refractivity contribution >= 4 is 5.97 Å². The van der Waals surface area contributed by atoms with Crippen LogP contribution in [0, 0.1) is 0 Å². The summed E-state index contributed by atoms with van der Waals surface area (Å²) >= 11 is 0. The molecular weight excluding hydrogens is 234 g/mol. The molecule has 0 spiro atoms. The summed E-state index contributed by atoms with van der Waals surface area (Å²) in [6, 6.07) is 2.37. The number of nitrogens with zero attached hydrogens (tertiary/aromatic N) is 1. The number of hydrogen-bond acceptors (Lipinski definition) is 4. The second-order valence-electron chi connectivity index (χ2n) is 4.63. The maximum atomic E-state index is 11.1. The lowest BCUT2D eigenvalue weighted by Crippen LogP contribution is -2.29. The molecule has 1 aliphatic heterocycles. The molecule has 0 aliphatic carbocycles. The SMILES string of the molecule is O=C(O)c1cc(O)cc(O)c1CN1CCCCC1. The Bertz CT molecular complexity index is 453. The van der Waals surface area contributed by atoms with Gasteiger partial charge in [-0.15, -0.1) is 0 Å². The first-order valence-electron chi connectivity index (χ1n) is 6.08. The highest BCUT2D eigenvalue weighted by Crippen LogP contribution is 2.29. The maximum Gasteiger partial charge on any atom is 0.336 e. The average Bonchev–Trinajstić information content (AvgIpc) is 2.33. The summed E-state index contributed by atoms with van der Waals surface area (Å²) in [7, 11) is 0. The molecule has 1 heterocycles. The van der Waals surface area contributed by atoms with Gasteiger partial charge in [0.2, 0.25) is 0 Å². The van der Waals surface area contributed by atoms with Crippen LogP contribution in [0.3, 0.4) is 0 Å². The monoisotopic (exact) mass is 251 g/mol. The summed E-state index contributed by atoms with van der Waals surface area (Å²) in [4.78, 5) is 13.3. The summed E-state index contributed by atoms with van der Waals surface area (Å²) < 4.78 is 0. The van der Waals surface area contributed by atoms with E-state index < -0.39 is 5.97 Å². The van der Waals surface area contributed by atoms with E-state index in [0.29, 0.717) is 12.1 Å². The van der Waals surface area contributed by atoms with Gasteiger partial charge in [0.15, 0.2) is 0 Å². The minimum absolute atomic E-state index is 0.0296. The zero-order valence-corrected chi connectivity index (χ0v) is 10.1. The lowest BCUT2D eigenvalue weighted by Gasteiger charge is -2.27. The van der Waals surface area contributed by atoms with Gasteiger partial charge in [-0.05, 0) is 32.0 Å². The van der Waals surface area contributed by atoms with E-state index in [0.717, 1.165) is 25.9 Å². The Morgan fingerprint density at radius 2 is 1.83 bits per heavy atom. The van der Waals surface area contributed by atoms with Crippen molar-refractivity contribution in [2.75, 3.05) is 13.1 Å². The second-order valence-corrected chi connectivity index (χ2v) is 4.63. The molecule has 2 rings (SSSR count). The van der Waals surface area contributed by atoms with Gasteiger partial charge in [0, 0.05) is 18.2 Å². The van der Waals surface area contributed by atoms with Crippen molar-refractivity contribution in [3.8, 4) is 11.5 Å². The Balaban J connectivity index is 2.27. The predicted molar refractivity (Wildman–Crippen MR) is 65.9 cm³/mol. The van der Waals surface area contributed by atoms with Gasteiger partial charge in [-0.25, -0.2) is 4.79 Å². The van der Waals surface area contributed by atoms with E-state index in [1.165, 1.54) is 18.6 Å². The Morgan fingerprint density at radius 1 is 1.17 bits per heavy atom. The smallest absolute Gasteiger partial charge is 0.336 e. The van der Waals surface area contributed by atoms with E-state index in [9.17, 15) is 15.0 Å². The zero-order chi connectivity index (χ0) is 13.1. The van der Waals surface area contributed by atoms with Crippen molar-refractivity contribution in [3.05, 3.63) is 23.3 Å². The highest BCUT2D eigenvalue weighted by Gasteiger charge is 2.19. The van der Waals surface area contributed by atoms with Gasteiger partial charge in [0.25, 0.3) is 0 Å². The van der Waals surface area contributed by atoms with Crippen LogP contribution in [0.25, 0.3) is 0 Å². The number of benzene rings is 1. The number of carboxylic acid groups (broad SMARTS) is 1. The summed E-state index contributed by atoms with van der Waals surface area (Å²) in [5, 5.41) is 28.2. The van der Waals surface area contributed by atoms with Gasteiger partial charge >= 0.3 is 5.97 Å². The molecule has 5 nitrogen and oxygen atoms in total. The molecule has 98 valence electrons. The molecule has 1 aliphatic rings. The molecule has 3 N–H and O–H groups in total. The van der Waals surface area contributed by atoms with Gasteiger partial charge in [0.1, 0.15) is 11.5 Å². The highest BCUT2D eigenvalue weighted by molar-refractivity contribution is 5.90. The summed E-state index contributed by atoms with van der Waals surface area (Å²) in [5.74, 6) is -1.52. The van der Waals surface area contributed by atoms with Crippen LogP contribution in [0.5, 0.6) is 11.5 Å². The standard InChI is InChI=1S/C13H17NO4/c15-9-6-10(13(17)18)11(12(16)7-9)8-14-4-2-1-3-5-14/h6-7,15-16H,1-5,8H2,(H,17,18). The number of phenols is 2. The summed E-state index contributed by atoms with van der Waals surface area (Å²) in [5.41, 5.74) is 0.347. The lowest BCUT2D eigenvalue weighted by atomic mass is 10.0. The van der Waals surface area contributed by atoms with Crippen molar-refractivity contribution < 1.29 is 20.1 Å². The molecular formula is C13H17NO4. The minimum atomic E-state index is -1.13. The van der Waals surface area contributed by atoms with Crippen LogP contribution in [0.1, 0.15) is 35.2 Å². The zero-order valence-electron chi connectivity index (χ0n) is 10.1. The Labute approximate surface area is 105 Å². The van der Waals surface area contributed by atoms with Gasteiger partial charge in [-0.1, -0.05) is 6.42 Å². The number of piperidine rings is 1. The number of aromatic hydroxyl groups is 2. The normalized spacial score (nSPS) is 16.7. The van der Waals surface area contributed by atoms with E-state index in [4.69, 9.17) is 5.11 Å². The number of likely N-dealkylation sites (tertiary alicyclic amines) is 1. The number of carboxylic acids is 1. The van der Waals surface area contributed by atoms with Crippen LogP contribution < -0.4 is 0 Å². The first-order chi connectivity index (χ1) is 8.58. The molecule has 1 fully saturated rings. The van der Waals surface area contributed by atoms with Crippen LogP contribution in [0.15, 0.2) is 12.1 Å². The molecule has 0 amide bonds. The number of carbonyl (C=O) groups is 1. The fraction of sp³-hybridized carbons (Fsp3) is 0.462. The largest absolute Gasteiger partial charge is 0.508 e. The van der Waals surface area contributed by atoms with Gasteiger partial charge in [-0.3, -0.25) is 4.90 Å². The molecule has 0 atom stereocenters. The molecule has 0 radical (unpaired) electrons. The van der Waals surface area contributed by atoms with Crippen molar-refractivity contribution in [2.24, 2.45) is 0 Å². The van der Waals surface area contributed by atoms with E-state index >= 15 is 0 Å². The maximum absolute atomic E-state index is 11.1. The van der Waals surface area contributed by atoms with Crippen molar-refractivity contribution in [1.29, 1.82) is 0 Å². The van der Waals surface area contributed by atoms with Crippen LogP contribution >= 0.6 is 0 Å². The lowest BCUT2D eigenvalue weighted by molar-refractivity contribution is 0.0693. The Morgan fingerprint density at radius 3 is 2.44 bits per heavy atom. The number of aromatic carboxylic acids is 1. The minimum Gasteiger partial charge on any atom is -0.508 e. The molecule has 0 saturated carbocycles. The first kappa shape index (κ1) is 12.7. The molecule has 1 aromatic rings. The highest BCUT2D eigenvalue weighted by atomic mass is 16.4. The molecule has 1 aromatic carbocycles. The average molecular weight is 251 g/mol. The van der Waals surface area contributed by atoms with Crippen LogP contribution in [0.4, 0.5) is 0 Å². The Hall–Kier alpha value is -1.75. The number of rotatable bonds is 3. The molecule has 0 unspecified atom stereocenters. The quantitative estimate of drug-likeness (QED) is 0.763. The van der Waals surface area contributed by atoms with Crippen molar-refractivity contribution in [1.82, 2.24) is 4.90 Å². The fourth-order valence-corrected chi connectivity index (χ4v) is 2.34. The third kappa shape index (κ3) is 2.73. The third-order valence-electron chi connectivity index (χ3n) is 3.27. The predicted octanol–water partition coefficient (Wildman–Crippen LogP) is 1.78. The number of hydrogen-bond donors (Lipinski definition) is 3. The summed E-state index contributed by atoms with van der Waals surface area (Å²) in [6.07, 6.45) is 3.40. The van der Waals surface area contributed by atoms with Gasteiger partial charge in [-0.2, -0.15) is 0 Å². The van der Waals surface area contributed by atoms with Crippen LogP contribution in [-0.2, 0) is 6.54 Å². The topological polar surface area (TPSA) is 81.0 Å². The van der Waals surface area contributed by atoms with Crippen LogP contribution in [-0.4, -0.2) is 39.3 Å². The third-order valence-corrected chi connectivity index (χ3v) is 3.27. The van der Waals surface area contributed by atoms with E-state index in [-0.39, 0.29) is 17.1 Å². The fourth-order valence-electron chi connectivity index (χ4n) is 2.34. The van der Waals surface area contributed by atoms with Gasteiger partial charge in [0.05, 0.1) is 5.56 Å². The van der Waals surface area contributed by atoms with Gasteiger partial charge < -0.3 is 15.3 Å². The number of phenolic OH excluding ortho intramolecular Hbond substituents is 2. The Kier molecular flexibility index (Phi) is 3.72. The van der Waals surface area contributed by atoms with E-state index in [1.807, 2.05) is 0 Å². The summed E-state index contributed by atoms with van der Waals surface area (Å²) in [6.45, 7) is 2.24. The molecule has 0 bridgehead atoms. The molecule has 0 aromatic heterocycles. The first-order valence-corrected chi connectivity index (χ1v) is 6.08. The molecule has 18 heavy (non-hydrogen) atoms. The van der Waals surface area contributed by atoms with Crippen molar-refractivity contribution in [2.45, 2.75) is 25.8 Å². The molecule has 5 heteroatoms. The molecule has 1 saturated heterocycles. The second kappa shape index (κ2) is 5.27. The van der Waals surface area contributed by atoms with E-state index in [1.54, 1.807) is 0 Å². The van der Waals surface area contributed by atoms with Crippen molar-refractivity contribution in [3.63, 3.8) is 0 Å².